The molecule has 1 N–H and O–H groups in total. The number of carbonyl (C=O) groups excluding carboxylic acids is 1. The van der Waals surface area contributed by atoms with Gasteiger partial charge in [-0.15, -0.1) is 0 Å². The summed E-state index contributed by atoms with van der Waals surface area (Å²) >= 11 is 6.12. The SMILES string of the molecule is O=C(COc1ccc2ccc(=O)oc2c1)Nc1cc(Cl)ccc1N1CCOCC1. The fourth-order valence-corrected chi connectivity index (χ4v) is 3.33. The fraction of sp³-hybridized carbons (Fsp3) is 0.238. The fourth-order valence-electron chi connectivity index (χ4n) is 3.15. The van der Waals surface area contributed by atoms with E-state index in [4.69, 9.17) is 25.5 Å². The van der Waals surface area contributed by atoms with E-state index in [1.54, 1.807) is 36.4 Å². The van der Waals surface area contributed by atoms with Crippen LogP contribution < -0.4 is 20.6 Å². The number of benzene rings is 2. The maximum absolute atomic E-state index is 12.5. The Morgan fingerprint density at radius 1 is 1.10 bits per heavy atom. The van der Waals surface area contributed by atoms with E-state index < -0.39 is 5.63 Å². The Kier molecular flexibility index (Phi) is 5.69. The Balaban J connectivity index is 1.44. The number of nitrogens with zero attached hydrogens (tertiary/aromatic N) is 1. The van der Waals surface area contributed by atoms with Gasteiger partial charge < -0.3 is 24.1 Å². The van der Waals surface area contributed by atoms with Gasteiger partial charge in [0.15, 0.2) is 6.61 Å². The van der Waals surface area contributed by atoms with Crippen LogP contribution in [0.25, 0.3) is 11.0 Å². The molecule has 1 fully saturated rings. The highest BCUT2D eigenvalue weighted by molar-refractivity contribution is 6.31. The summed E-state index contributed by atoms with van der Waals surface area (Å²) in [5.74, 6) is 0.109. The number of nitrogens with one attached hydrogen (secondary N) is 1. The Morgan fingerprint density at radius 3 is 2.72 bits per heavy atom. The summed E-state index contributed by atoms with van der Waals surface area (Å²) in [6.07, 6.45) is 0. The van der Waals surface area contributed by atoms with Crippen LogP contribution in [0.3, 0.4) is 0 Å². The average molecular weight is 415 g/mol. The van der Waals surface area contributed by atoms with E-state index >= 15 is 0 Å². The van der Waals surface area contributed by atoms with E-state index in [0.717, 1.165) is 24.2 Å². The molecule has 0 saturated carbocycles. The van der Waals surface area contributed by atoms with Crippen molar-refractivity contribution in [1.82, 2.24) is 0 Å². The Hall–Kier alpha value is -3.03. The molecule has 1 saturated heterocycles. The van der Waals surface area contributed by atoms with Gasteiger partial charge in [-0.05, 0) is 36.4 Å². The van der Waals surface area contributed by atoms with Crippen molar-refractivity contribution in [3.05, 3.63) is 64.0 Å². The number of hydrogen-bond acceptors (Lipinski definition) is 6. The summed E-state index contributed by atoms with van der Waals surface area (Å²) < 4.78 is 16.1. The molecule has 1 aromatic heterocycles. The van der Waals surface area contributed by atoms with Crippen molar-refractivity contribution in [1.29, 1.82) is 0 Å². The largest absolute Gasteiger partial charge is 0.484 e. The van der Waals surface area contributed by atoms with Crippen LogP contribution in [0.1, 0.15) is 0 Å². The molecule has 0 bridgehead atoms. The number of fused-ring (bicyclic) bond motifs is 1. The first-order valence-corrected chi connectivity index (χ1v) is 9.55. The predicted octanol–water partition coefficient (Wildman–Crippen LogP) is 3.30. The van der Waals surface area contributed by atoms with Gasteiger partial charge in [-0.3, -0.25) is 4.79 Å². The number of halogens is 1. The summed E-state index contributed by atoms with van der Waals surface area (Å²) in [6, 6.07) is 13.5. The predicted molar refractivity (Wildman–Crippen MR) is 111 cm³/mol. The van der Waals surface area contributed by atoms with Crippen molar-refractivity contribution in [2.45, 2.75) is 0 Å². The molecule has 0 radical (unpaired) electrons. The van der Waals surface area contributed by atoms with Gasteiger partial charge in [0.1, 0.15) is 11.3 Å². The number of anilines is 2. The van der Waals surface area contributed by atoms with E-state index in [-0.39, 0.29) is 12.5 Å². The third-order valence-corrected chi connectivity index (χ3v) is 4.78. The Bertz CT molecular complexity index is 1090. The molecule has 0 atom stereocenters. The van der Waals surface area contributed by atoms with E-state index in [9.17, 15) is 9.59 Å². The third-order valence-electron chi connectivity index (χ3n) is 4.55. The van der Waals surface area contributed by atoms with Crippen LogP contribution in [-0.4, -0.2) is 38.8 Å². The van der Waals surface area contributed by atoms with Crippen molar-refractivity contribution < 1.29 is 18.7 Å². The maximum Gasteiger partial charge on any atom is 0.336 e. The summed E-state index contributed by atoms with van der Waals surface area (Å²) in [7, 11) is 0. The molecule has 0 aliphatic carbocycles. The van der Waals surface area contributed by atoms with Crippen molar-refractivity contribution >= 4 is 39.9 Å². The van der Waals surface area contributed by atoms with Crippen molar-refractivity contribution in [3.8, 4) is 5.75 Å². The molecular weight excluding hydrogens is 396 g/mol. The second-order valence-corrected chi connectivity index (χ2v) is 6.99. The zero-order valence-electron chi connectivity index (χ0n) is 15.5. The highest BCUT2D eigenvalue weighted by Gasteiger charge is 2.17. The lowest BCUT2D eigenvalue weighted by Gasteiger charge is -2.30. The molecule has 0 spiro atoms. The van der Waals surface area contributed by atoms with Gasteiger partial charge >= 0.3 is 5.63 Å². The number of ether oxygens (including phenoxy) is 2. The first-order chi connectivity index (χ1) is 14.1. The van der Waals surface area contributed by atoms with Gasteiger partial charge in [0.2, 0.25) is 0 Å². The average Bonchev–Trinajstić information content (AvgIpc) is 2.72. The lowest BCUT2D eigenvalue weighted by atomic mass is 10.2. The lowest BCUT2D eigenvalue weighted by Crippen LogP contribution is -2.37. The van der Waals surface area contributed by atoms with Gasteiger partial charge in [-0.25, -0.2) is 4.79 Å². The van der Waals surface area contributed by atoms with Gasteiger partial charge in [0, 0.05) is 35.6 Å². The highest BCUT2D eigenvalue weighted by Crippen LogP contribution is 2.30. The monoisotopic (exact) mass is 414 g/mol. The first-order valence-electron chi connectivity index (χ1n) is 9.17. The zero-order valence-corrected chi connectivity index (χ0v) is 16.3. The molecular formula is C21H19ClN2O5. The number of carbonyl (C=O) groups is 1. The van der Waals surface area contributed by atoms with E-state index in [1.165, 1.54) is 6.07 Å². The van der Waals surface area contributed by atoms with Crippen molar-refractivity contribution in [3.63, 3.8) is 0 Å². The van der Waals surface area contributed by atoms with Crippen molar-refractivity contribution in [2.24, 2.45) is 0 Å². The molecule has 4 rings (SSSR count). The molecule has 7 nitrogen and oxygen atoms in total. The minimum absolute atomic E-state index is 0.197. The van der Waals surface area contributed by atoms with Gasteiger partial charge in [0.05, 0.1) is 24.6 Å². The van der Waals surface area contributed by atoms with Crippen molar-refractivity contribution in [2.75, 3.05) is 43.1 Å². The molecule has 150 valence electrons. The molecule has 1 amide bonds. The minimum atomic E-state index is -0.441. The quantitative estimate of drug-likeness (QED) is 0.645. The molecule has 1 aliphatic rings. The second-order valence-electron chi connectivity index (χ2n) is 6.55. The van der Waals surface area contributed by atoms with Crippen LogP contribution >= 0.6 is 11.6 Å². The Morgan fingerprint density at radius 2 is 1.90 bits per heavy atom. The van der Waals surface area contributed by atoms with Gasteiger partial charge in [-0.1, -0.05) is 11.6 Å². The van der Waals surface area contributed by atoms with Crippen LogP contribution in [-0.2, 0) is 9.53 Å². The summed E-state index contributed by atoms with van der Waals surface area (Å²) in [4.78, 5) is 26.0. The molecule has 2 aromatic carbocycles. The molecule has 2 heterocycles. The molecule has 0 unspecified atom stereocenters. The summed E-state index contributed by atoms with van der Waals surface area (Å²) in [6.45, 7) is 2.55. The maximum atomic E-state index is 12.5. The number of hydrogen-bond donors (Lipinski definition) is 1. The molecule has 3 aromatic rings. The minimum Gasteiger partial charge on any atom is -0.484 e. The lowest BCUT2D eigenvalue weighted by molar-refractivity contribution is -0.118. The zero-order chi connectivity index (χ0) is 20.2. The van der Waals surface area contributed by atoms with E-state index in [0.29, 0.717) is 35.3 Å². The topological polar surface area (TPSA) is 81.0 Å². The second kappa shape index (κ2) is 8.55. The third kappa shape index (κ3) is 4.70. The summed E-state index contributed by atoms with van der Waals surface area (Å²) in [5, 5.41) is 4.16. The molecule has 1 aliphatic heterocycles. The smallest absolute Gasteiger partial charge is 0.336 e. The normalized spacial score (nSPS) is 14.0. The summed E-state index contributed by atoms with van der Waals surface area (Å²) in [5.41, 5.74) is 1.47. The van der Waals surface area contributed by atoms with Crippen LogP contribution in [0.5, 0.6) is 5.75 Å². The van der Waals surface area contributed by atoms with Crippen LogP contribution in [0, 0.1) is 0 Å². The highest BCUT2D eigenvalue weighted by atomic mass is 35.5. The number of amides is 1. The van der Waals surface area contributed by atoms with E-state index in [2.05, 4.69) is 10.2 Å². The Labute approximate surface area is 171 Å². The number of morpholine rings is 1. The standard InChI is InChI=1S/C21H19ClN2O5/c22-15-3-5-18(24-7-9-27-10-8-24)17(11-15)23-20(25)13-28-16-4-1-14-2-6-21(26)29-19(14)12-16/h1-6,11-12H,7-10,13H2,(H,23,25). The molecule has 29 heavy (non-hydrogen) atoms. The van der Waals surface area contributed by atoms with Crippen LogP contribution in [0.4, 0.5) is 11.4 Å². The van der Waals surface area contributed by atoms with Gasteiger partial charge in [-0.2, -0.15) is 0 Å². The van der Waals surface area contributed by atoms with Crippen LogP contribution in [0.2, 0.25) is 5.02 Å². The van der Waals surface area contributed by atoms with E-state index in [1.807, 2.05) is 6.07 Å². The van der Waals surface area contributed by atoms with Crippen LogP contribution in [0.15, 0.2) is 57.7 Å². The molecule has 8 heteroatoms. The first kappa shape index (κ1) is 19.3. The van der Waals surface area contributed by atoms with Gasteiger partial charge in [0.25, 0.3) is 5.91 Å². The number of rotatable bonds is 5.